The standard InChI is InChI=1S/C19H40N4O3/c1-9-25-14-10-12-21-17(20-7)23(8)13-11-16(15(2)3)22-18(24)26-19(4,5)6/h15-16H,9-14H2,1-8H3,(H,20,21)(H,22,24). The maximum Gasteiger partial charge on any atom is 0.407 e. The van der Waals surface area contributed by atoms with Crippen molar-refractivity contribution in [3.05, 3.63) is 0 Å². The van der Waals surface area contributed by atoms with Gasteiger partial charge >= 0.3 is 6.09 Å². The molecule has 0 saturated carbocycles. The fraction of sp³-hybridized carbons (Fsp3) is 0.895. The van der Waals surface area contributed by atoms with Crippen LogP contribution in [0.4, 0.5) is 4.79 Å². The maximum atomic E-state index is 12.0. The lowest BCUT2D eigenvalue weighted by Gasteiger charge is -2.28. The summed E-state index contributed by atoms with van der Waals surface area (Å²) in [5.41, 5.74) is -0.490. The minimum absolute atomic E-state index is 0.0448. The molecule has 0 aromatic carbocycles. The maximum absolute atomic E-state index is 12.0. The van der Waals surface area contributed by atoms with Gasteiger partial charge in [0.1, 0.15) is 5.60 Å². The highest BCUT2D eigenvalue weighted by Crippen LogP contribution is 2.11. The minimum Gasteiger partial charge on any atom is -0.444 e. The molecule has 154 valence electrons. The van der Waals surface area contributed by atoms with E-state index in [4.69, 9.17) is 9.47 Å². The Hall–Kier alpha value is -1.50. The molecule has 0 aromatic heterocycles. The van der Waals surface area contributed by atoms with E-state index in [1.165, 1.54) is 0 Å². The third-order valence-corrected chi connectivity index (χ3v) is 3.81. The fourth-order valence-electron chi connectivity index (χ4n) is 2.37. The summed E-state index contributed by atoms with van der Waals surface area (Å²) < 4.78 is 10.7. The molecule has 0 aliphatic carbocycles. The van der Waals surface area contributed by atoms with E-state index in [9.17, 15) is 4.79 Å². The summed E-state index contributed by atoms with van der Waals surface area (Å²) in [5.74, 6) is 1.17. The number of carbonyl (C=O) groups is 1. The van der Waals surface area contributed by atoms with E-state index >= 15 is 0 Å². The van der Waals surface area contributed by atoms with Gasteiger partial charge in [0.05, 0.1) is 0 Å². The summed E-state index contributed by atoms with van der Waals surface area (Å²) in [7, 11) is 3.78. The monoisotopic (exact) mass is 372 g/mol. The number of aliphatic imine (C=N–C) groups is 1. The molecule has 0 spiro atoms. The molecular weight excluding hydrogens is 332 g/mol. The van der Waals surface area contributed by atoms with E-state index in [2.05, 4.69) is 34.4 Å². The highest BCUT2D eigenvalue weighted by atomic mass is 16.6. The van der Waals surface area contributed by atoms with Gasteiger partial charge < -0.3 is 25.0 Å². The topological polar surface area (TPSA) is 75.2 Å². The molecule has 0 aromatic rings. The van der Waals surface area contributed by atoms with Gasteiger partial charge in [-0.2, -0.15) is 0 Å². The summed E-state index contributed by atoms with van der Waals surface area (Å²) in [6.07, 6.45) is 1.39. The summed E-state index contributed by atoms with van der Waals surface area (Å²) in [6.45, 7) is 14.9. The number of ether oxygens (including phenoxy) is 2. The Balaban J connectivity index is 4.41. The van der Waals surface area contributed by atoms with Gasteiger partial charge in [0.2, 0.25) is 0 Å². The lowest BCUT2D eigenvalue weighted by Crippen LogP contribution is -2.45. The molecule has 26 heavy (non-hydrogen) atoms. The van der Waals surface area contributed by atoms with Crippen LogP contribution in [0.5, 0.6) is 0 Å². The Morgan fingerprint density at radius 2 is 1.92 bits per heavy atom. The van der Waals surface area contributed by atoms with Crippen molar-refractivity contribution in [3.8, 4) is 0 Å². The van der Waals surface area contributed by atoms with E-state index in [1.807, 2.05) is 34.7 Å². The molecule has 0 radical (unpaired) electrons. The van der Waals surface area contributed by atoms with E-state index in [1.54, 1.807) is 7.05 Å². The lowest BCUT2D eigenvalue weighted by molar-refractivity contribution is 0.0486. The Bertz CT molecular complexity index is 419. The van der Waals surface area contributed by atoms with Crippen LogP contribution in [0.2, 0.25) is 0 Å². The predicted molar refractivity (Wildman–Crippen MR) is 108 cm³/mol. The Morgan fingerprint density at radius 3 is 2.42 bits per heavy atom. The van der Waals surface area contributed by atoms with Gasteiger partial charge in [-0.25, -0.2) is 4.79 Å². The minimum atomic E-state index is -0.490. The van der Waals surface area contributed by atoms with Crippen molar-refractivity contribution in [2.24, 2.45) is 10.9 Å². The molecule has 1 atom stereocenters. The number of carbonyl (C=O) groups excluding carboxylic acids is 1. The molecule has 1 unspecified atom stereocenters. The van der Waals surface area contributed by atoms with Crippen molar-refractivity contribution in [2.45, 2.75) is 66.0 Å². The quantitative estimate of drug-likeness (QED) is 0.350. The normalized spacial score (nSPS) is 13.5. The SMILES string of the molecule is CCOCCCNC(=NC)N(C)CCC(NC(=O)OC(C)(C)C)C(C)C. The Kier molecular flexibility index (Phi) is 12.1. The number of hydrogen-bond donors (Lipinski definition) is 2. The van der Waals surface area contributed by atoms with Crippen LogP contribution in [0.3, 0.4) is 0 Å². The smallest absolute Gasteiger partial charge is 0.407 e. The Labute approximate surface area is 159 Å². The number of amides is 1. The average molecular weight is 373 g/mol. The van der Waals surface area contributed by atoms with Gasteiger partial charge in [0.15, 0.2) is 5.96 Å². The number of alkyl carbamates (subject to hydrolysis) is 1. The van der Waals surface area contributed by atoms with Gasteiger partial charge in [-0.15, -0.1) is 0 Å². The highest BCUT2D eigenvalue weighted by Gasteiger charge is 2.22. The van der Waals surface area contributed by atoms with Crippen LogP contribution >= 0.6 is 0 Å². The van der Waals surface area contributed by atoms with Crippen molar-refractivity contribution in [3.63, 3.8) is 0 Å². The molecule has 2 N–H and O–H groups in total. The molecule has 1 amide bonds. The molecule has 7 nitrogen and oxygen atoms in total. The second-order valence-corrected chi connectivity index (χ2v) is 7.73. The summed E-state index contributed by atoms with van der Waals surface area (Å²) in [4.78, 5) is 18.4. The van der Waals surface area contributed by atoms with Crippen LogP contribution in [0.1, 0.15) is 54.4 Å². The molecule has 0 bridgehead atoms. The van der Waals surface area contributed by atoms with E-state index in [0.717, 1.165) is 45.1 Å². The van der Waals surface area contributed by atoms with Crippen LogP contribution in [-0.2, 0) is 9.47 Å². The summed E-state index contributed by atoms with van der Waals surface area (Å²) in [6, 6.07) is 0.0448. The van der Waals surface area contributed by atoms with Gasteiger partial charge in [-0.1, -0.05) is 13.8 Å². The molecular formula is C19H40N4O3. The van der Waals surface area contributed by atoms with Crippen molar-refractivity contribution >= 4 is 12.1 Å². The predicted octanol–water partition coefficient (Wildman–Crippen LogP) is 2.86. The number of hydrogen-bond acceptors (Lipinski definition) is 4. The molecule has 7 heteroatoms. The van der Waals surface area contributed by atoms with E-state index < -0.39 is 5.60 Å². The molecule has 0 aliphatic rings. The van der Waals surface area contributed by atoms with Crippen molar-refractivity contribution in [1.29, 1.82) is 0 Å². The zero-order valence-corrected chi connectivity index (χ0v) is 18.0. The Morgan fingerprint density at radius 1 is 1.27 bits per heavy atom. The first-order valence-corrected chi connectivity index (χ1v) is 9.59. The van der Waals surface area contributed by atoms with Crippen LogP contribution in [0.25, 0.3) is 0 Å². The first kappa shape index (κ1) is 24.5. The number of nitrogens with zero attached hydrogens (tertiary/aromatic N) is 2. The first-order chi connectivity index (χ1) is 12.1. The molecule has 0 rings (SSSR count). The van der Waals surface area contributed by atoms with Crippen molar-refractivity contribution in [1.82, 2.24) is 15.5 Å². The lowest BCUT2D eigenvalue weighted by atomic mass is 10.0. The van der Waals surface area contributed by atoms with E-state index in [-0.39, 0.29) is 12.1 Å². The first-order valence-electron chi connectivity index (χ1n) is 9.59. The largest absolute Gasteiger partial charge is 0.444 e. The highest BCUT2D eigenvalue weighted by molar-refractivity contribution is 5.79. The zero-order chi connectivity index (χ0) is 20.2. The molecule has 0 heterocycles. The van der Waals surface area contributed by atoms with Gasteiger partial charge in [-0.3, -0.25) is 4.99 Å². The number of rotatable bonds is 10. The molecule has 0 saturated heterocycles. The number of guanidine groups is 1. The third-order valence-electron chi connectivity index (χ3n) is 3.81. The van der Waals surface area contributed by atoms with E-state index in [0.29, 0.717) is 5.92 Å². The average Bonchev–Trinajstić information content (AvgIpc) is 2.52. The molecule has 0 aliphatic heterocycles. The fourth-order valence-corrected chi connectivity index (χ4v) is 2.37. The van der Waals surface area contributed by atoms with Gasteiger partial charge in [0, 0.05) is 46.4 Å². The second-order valence-electron chi connectivity index (χ2n) is 7.73. The zero-order valence-electron chi connectivity index (χ0n) is 18.0. The van der Waals surface area contributed by atoms with Gasteiger partial charge in [0.25, 0.3) is 0 Å². The van der Waals surface area contributed by atoms with Crippen molar-refractivity contribution in [2.75, 3.05) is 40.4 Å². The summed E-state index contributed by atoms with van der Waals surface area (Å²) >= 11 is 0. The van der Waals surface area contributed by atoms with Crippen LogP contribution in [-0.4, -0.2) is 69.0 Å². The van der Waals surface area contributed by atoms with Crippen LogP contribution < -0.4 is 10.6 Å². The van der Waals surface area contributed by atoms with Crippen LogP contribution in [0.15, 0.2) is 4.99 Å². The third kappa shape index (κ3) is 12.0. The number of nitrogens with one attached hydrogen (secondary N) is 2. The second kappa shape index (κ2) is 12.8. The molecule has 0 fully saturated rings. The van der Waals surface area contributed by atoms with Crippen LogP contribution in [0, 0.1) is 5.92 Å². The van der Waals surface area contributed by atoms with Gasteiger partial charge in [-0.05, 0) is 46.5 Å². The summed E-state index contributed by atoms with van der Waals surface area (Å²) in [5, 5.41) is 6.32. The van der Waals surface area contributed by atoms with Crippen molar-refractivity contribution < 1.29 is 14.3 Å².